The van der Waals surface area contributed by atoms with Gasteiger partial charge in [-0.2, -0.15) is 0 Å². The molecule has 1 aliphatic carbocycles. The molecule has 1 saturated carbocycles. The van der Waals surface area contributed by atoms with E-state index < -0.39 is 10.0 Å². The number of carbonyl (C=O) groups excluding carboxylic acids is 1. The second kappa shape index (κ2) is 6.24. The molecule has 6 nitrogen and oxygen atoms in total. The molecule has 1 aliphatic heterocycles. The van der Waals surface area contributed by atoms with Crippen LogP contribution in [0.5, 0.6) is 0 Å². The lowest BCUT2D eigenvalue weighted by atomic mass is 10.2. The number of nitrogens with one attached hydrogen (secondary N) is 1. The Morgan fingerprint density at radius 3 is 2.84 bits per heavy atom. The number of nitrogens with zero attached hydrogens (tertiary/aromatic N) is 2. The van der Waals surface area contributed by atoms with Gasteiger partial charge in [0, 0.05) is 37.1 Å². The van der Waals surface area contributed by atoms with Crippen molar-refractivity contribution in [1.29, 1.82) is 0 Å². The van der Waals surface area contributed by atoms with Gasteiger partial charge in [0.05, 0.1) is 4.90 Å². The maximum Gasteiger partial charge on any atom is 0.240 e. The standard InChI is InChI=1S/C18H19N3O3S/c22-18(14-3-4-14)21-9-7-15-10-16(5-6-17(15)21)25(23,24)20-12-13-2-1-8-19-11-13/h1-2,5-6,8,10-11,14,20H,3-4,7,9,12H2. The molecule has 25 heavy (non-hydrogen) atoms. The van der Waals surface area contributed by atoms with E-state index in [-0.39, 0.29) is 23.3 Å². The highest BCUT2D eigenvalue weighted by molar-refractivity contribution is 7.89. The summed E-state index contributed by atoms with van der Waals surface area (Å²) < 4.78 is 27.7. The largest absolute Gasteiger partial charge is 0.312 e. The van der Waals surface area contributed by atoms with E-state index in [2.05, 4.69) is 9.71 Å². The van der Waals surface area contributed by atoms with Crippen molar-refractivity contribution in [2.45, 2.75) is 30.7 Å². The first kappa shape index (κ1) is 16.2. The van der Waals surface area contributed by atoms with E-state index in [1.54, 1.807) is 41.6 Å². The van der Waals surface area contributed by atoms with Crippen LogP contribution in [0.1, 0.15) is 24.0 Å². The van der Waals surface area contributed by atoms with Crippen molar-refractivity contribution < 1.29 is 13.2 Å². The van der Waals surface area contributed by atoms with Gasteiger partial charge in [-0.3, -0.25) is 9.78 Å². The van der Waals surface area contributed by atoms with Gasteiger partial charge in [0.2, 0.25) is 15.9 Å². The van der Waals surface area contributed by atoms with E-state index in [0.29, 0.717) is 13.0 Å². The van der Waals surface area contributed by atoms with Gasteiger partial charge in [0.25, 0.3) is 0 Å². The van der Waals surface area contributed by atoms with Crippen molar-refractivity contribution in [2.75, 3.05) is 11.4 Å². The third-order valence-electron chi connectivity index (χ3n) is 4.64. The zero-order valence-electron chi connectivity index (χ0n) is 13.7. The lowest BCUT2D eigenvalue weighted by Gasteiger charge is -2.17. The Morgan fingerprint density at radius 1 is 1.28 bits per heavy atom. The lowest BCUT2D eigenvalue weighted by Crippen LogP contribution is -2.30. The number of benzene rings is 1. The number of pyridine rings is 1. The predicted molar refractivity (Wildman–Crippen MR) is 93.5 cm³/mol. The number of anilines is 1. The van der Waals surface area contributed by atoms with E-state index in [1.165, 1.54) is 0 Å². The molecule has 1 N–H and O–H groups in total. The van der Waals surface area contributed by atoms with E-state index in [1.807, 2.05) is 6.07 Å². The normalized spacial score (nSPS) is 16.7. The highest BCUT2D eigenvalue weighted by Gasteiger charge is 2.36. The molecule has 2 aromatic rings. The summed E-state index contributed by atoms with van der Waals surface area (Å²) in [7, 11) is -3.60. The summed E-state index contributed by atoms with van der Waals surface area (Å²) in [5, 5.41) is 0. The van der Waals surface area contributed by atoms with Crippen LogP contribution in [0.2, 0.25) is 0 Å². The monoisotopic (exact) mass is 357 g/mol. The van der Waals surface area contributed by atoms with Crippen molar-refractivity contribution in [2.24, 2.45) is 5.92 Å². The van der Waals surface area contributed by atoms with Crippen molar-refractivity contribution in [1.82, 2.24) is 9.71 Å². The first-order chi connectivity index (χ1) is 12.0. The summed E-state index contributed by atoms with van der Waals surface area (Å²) in [6, 6.07) is 8.59. The van der Waals surface area contributed by atoms with Gasteiger partial charge >= 0.3 is 0 Å². The minimum Gasteiger partial charge on any atom is -0.312 e. The average molecular weight is 357 g/mol. The molecular weight excluding hydrogens is 338 g/mol. The average Bonchev–Trinajstić information content (AvgIpc) is 3.39. The van der Waals surface area contributed by atoms with Crippen LogP contribution in [0.15, 0.2) is 47.6 Å². The maximum atomic E-state index is 12.5. The Kier molecular flexibility index (Phi) is 4.05. The number of amides is 1. The van der Waals surface area contributed by atoms with Crippen LogP contribution >= 0.6 is 0 Å². The second-order valence-corrected chi connectivity index (χ2v) is 8.26. The quantitative estimate of drug-likeness (QED) is 0.886. The van der Waals surface area contributed by atoms with Crippen molar-refractivity contribution >= 4 is 21.6 Å². The fourth-order valence-corrected chi connectivity index (χ4v) is 4.16. The molecule has 1 fully saturated rings. The van der Waals surface area contributed by atoms with Gasteiger partial charge in [-0.1, -0.05) is 6.07 Å². The fourth-order valence-electron chi connectivity index (χ4n) is 3.09. The Balaban J connectivity index is 1.52. The molecule has 2 aliphatic rings. The van der Waals surface area contributed by atoms with Crippen molar-refractivity contribution in [3.05, 3.63) is 53.9 Å². The zero-order chi connectivity index (χ0) is 17.4. The summed E-state index contributed by atoms with van der Waals surface area (Å²) in [6.07, 6.45) is 5.91. The Bertz CT molecular complexity index is 908. The van der Waals surface area contributed by atoms with Crippen molar-refractivity contribution in [3.8, 4) is 0 Å². The van der Waals surface area contributed by atoms with Crippen LogP contribution in [0, 0.1) is 5.92 Å². The number of sulfonamides is 1. The second-order valence-electron chi connectivity index (χ2n) is 6.49. The van der Waals surface area contributed by atoms with Crippen LogP contribution in [0.3, 0.4) is 0 Å². The highest BCUT2D eigenvalue weighted by Crippen LogP contribution is 2.37. The molecule has 130 valence electrons. The summed E-state index contributed by atoms with van der Waals surface area (Å²) in [4.78, 5) is 18.3. The van der Waals surface area contributed by atoms with Crippen LogP contribution < -0.4 is 9.62 Å². The first-order valence-electron chi connectivity index (χ1n) is 8.37. The van der Waals surface area contributed by atoms with Crippen LogP contribution in [-0.4, -0.2) is 25.9 Å². The smallest absolute Gasteiger partial charge is 0.240 e. The Morgan fingerprint density at radius 2 is 2.12 bits per heavy atom. The van der Waals surface area contributed by atoms with Gasteiger partial charge in [0.15, 0.2) is 0 Å². The third kappa shape index (κ3) is 3.29. The summed E-state index contributed by atoms with van der Waals surface area (Å²) in [5.74, 6) is 0.333. The molecule has 7 heteroatoms. The number of aromatic nitrogens is 1. The molecule has 0 radical (unpaired) electrons. The minimum atomic E-state index is -3.60. The molecule has 0 bridgehead atoms. The number of rotatable bonds is 5. The van der Waals surface area contributed by atoms with Crippen molar-refractivity contribution in [3.63, 3.8) is 0 Å². The molecular formula is C18H19N3O3S. The van der Waals surface area contributed by atoms with E-state index in [4.69, 9.17) is 0 Å². The Labute approximate surface area is 146 Å². The van der Waals surface area contributed by atoms with Gasteiger partial charge < -0.3 is 4.90 Å². The van der Waals surface area contributed by atoms with Gasteiger partial charge in [-0.25, -0.2) is 13.1 Å². The van der Waals surface area contributed by atoms with Crippen LogP contribution in [0.25, 0.3) is 0 Å². The SMILES string of the molecule is O=C(C1CC1)N1CCc2cc(S(=O)(=O)NCc3cccnc3)ccc21. The fraction of sp³-hybridized carbons (Fsp3) is 0.333. The topological polar surface area (TPSA) is 79.4 Å². The van der Waals surface area contributed by atoms with E-state index in [9.17, 15) is 13.2 Å². The number of fused-ring (bicyclic) bond motifs is 1. The first-order valence-corrected chi connectivity index (χ1v) is 9.86. The lowest BCUT2D eigenvalue weighted by molar-refractivity contribution is -0.119. The van der Waals surface area contributed by atoms with Gasteiger partial charge in [0.1, 0.15) is 0 Å². The van der Waals surface area contributed by atoms with Gasteiger partial charge in [-0.15, -0.1) is 0 Å². The highest BCUT2D eigenvalue weighted by atomic mass is 32.2. The third-order valence-corrected chi connectivity index (χ3v) is 6.04. The molecule has 1 aromatic carbocycles. The van der Waals surface area contributed by atoms with E-state index in [0.717, 1.165) is 29.7 Å². The summed E-state index contributed by atoms with van der Waals surface area (Å²) >= 11 is 0. The van der Waals surface area contributed by atoms with E-state index >= 15 is 0 Å². The molecule has 0 spiro atoms. The molecule has 4 rings (SSSR count). The summed E-state index contributed by atoms with van der Waals surface area (Å²) in [6.45, 7) is 0.830. The van der Waals surface area contributed by atoms with Crippen LogP contribution in [0.4, 0.5) is 5.69 Å². The number of carbonyl (C=O) groups is 1. The summed E-state index contributed by atoms with van der Waals surface area (Å²) in [5.41, 5.74) is 2.56. The molecule has 0 saturated heterocycles. The molecule has 0 unspecified atom stereocenters. The van der Waals surface area contributed by atoms with Crippen LogP contribution in [-0.2, 0) is 27.8 Å². The number of hydrogen-bond donors (Lipinski definition) is 1. The Hall–Kier alpha value is -2.25. The van der Waals surface area contributed by atoms with Gasteiger partial charge in [-0.05, 0) is 54.7 Å². The minimum absolute atomic E-state index is 0.163. The zero-order valence-corrected chi connectivity index (χ0v) is 14.5. The number of hydrogen-bond acceptors (Lipinski definition) is 4. The molecule has 1 amide bonds. The predicted octanol–water partition coefficient (Wildman–Crippen LogP) is 1.86. The molecule has 1 aromatic heterocycles. The molecule has 0 atom stereocenters. The maximum absolute atomic E-state index is 12.5. The molecule has 2 heterocycles.